The molecule has 0 amide bonds. The van der Waals surface area contributed by atoms with E-state index in [0.29, 0.717) is 0 Å². The molecule has 0 radical (unpaired) electrons. The average Bonchev–Trinajstić information content (AvgIpc) is 2.34. The van der Waals surface area contributed by atoms with E-state index in [1.54, 1.807) is 0 Å². The summed E-state index contributed by atoms with van der Waals surface area (Å²) in [6.45, 7) is 3.00. The minimum absolute atomic E-state index is 0.778. The maximum Gasteiger partial charge on any atom is 0.0530 e. The van der Waals surface area contributed by atoms with E-state index in [2.05, 4.69) is 24.7 Å². The third-order valence-electron chi connectivity index (χ3n) is 1.19. The molecule has 0 saturated carbocycles. The van der Waals surface area contributed by atoms with Gasteiger partial charge >= 0.3 is 0 Å². The minimum atomic E-state index is 0.778. The Hall–Kier alpha value is -0.440. The Morgan fingerprint density at radius 2 is 2.56 bits per heavy atom. The van der Waals surface area contributed by atoms with Crippen molar-refractivity contribution < 1.29 is 0 Å². The summed E-state index contributed by atoms with van der Waals surface area (Å²) in [6.07, 6.45) is 3.85. The topological polar surface area (TPSA) is 17.8 Å². The van der Waals surface area contributed by atoms with Gasteiger partial charge in [-0.05, 0) is 12.5 Å². The summed E-state index contributed by atoms with van der Waals surface area (Å²) in [7, 11) is 0. The fraction of sp³-hybridized carbons (Fsp3) is 0.500. The van der Waals surface area contributed by atoms with Crippen LogP contribution < -0.4 is 0 Å². The van der Waals surface area contributed by atoms with Gasteiger partial charge in [0.15, 0.2) is 0 Å². The highest BCUT2D eigenvalue weighted by Gasteiger charge is 1.91. The zero-order chi connectivity index (χ0) is 6.69. The van der Waals surface area contributed by atoms with E-state index in [9.17, 15) is 0 Å². The molecule has 1 rings (SSSR count). The van der Waals surface area contributed by atoms with Crippen LogP contribution in [0.4, 0.5) is 0 Å². The van der Waals surface area contributed by atoms with E-state index >= 15 is 0 Å². The fourth-order valence-corrected chi connectivity index (χ4v) is 0.824. The van der Waals surface area contributed by atoms with E-state index < -0.39 is 0 Å². The zero-order valence-electron chi connectivity index (χ0n) is 5.41. The molecule has 1 heterocycles. The predicted octanol–water partition coefficient (Wildman–Crippen LogP) is 1.33. The lowest BCUT2D eigenvalue weighted by Crippen LogP contribution is -1.91. The predicted molar refractivity (Wildman–Crippen MR) is 40.6 cm³/mol. The molecule has 0 unspecified atom stereocenters. The van der Waals surface area contributed by atoms with E-state index in [1.807, 2.05) is 17.1 Å². The maximum atomic E-state index is 4.11. The highest BCUT2D eigenvalue weighted by molar-refractivity contribution is 7.79. The van der Waals surface area contributed by atoms with Crippen molar-refractivity contribution in [1.82, 2.24) is 9.78 Å². The number of hydrogen-bond donors (Lipinski definition) is 1. The number of aromatic nitrogens is 2. The molecule has 0 aliphatic heterocycles. The van der Waals surface area contributed by atoms with E-state index in [-0.39, 0.29) is 0 Å². The normalized spacial score (nSPS) is 10.0. The lowest BCUT2D eigenvalue weighted by molar-refractivity contribution is 0.659. The number of thiol groups is 1. The van der Waals surface area contributed by atoms with Crippen LogP contribution in [0.25, 0.3) is 0 Å². The number of nitrogens with zero attached hydrogens (tertiary/aromatic N) is 2. The maximum absolute atomic E-state index is 4.11. The van der Waals surface area contributed by atoms with E-state index in [0.717, 1.165) is 12.3 Å². The molecule has 0 fully saturated rings. The second kappa shape index (κ2) is 2.92. The summed E-state index contributed by atoms with van der Waals surface area (Å²) in [5.41, 5.74) is 1.18. The van der Waals surface area contributed by atoms with Gasteiger partial charge < -0.3 is 0 Å². The summed E-state index contributed by atoms with van der Waals surface area (Å²) >= 11 is 4.11. The van der Waals surface area contributed by atoms with Crippen molar-refractivity contribution in [3.63, 3.8) is 0 Å². The Bertz CT molecular complexity index is 164. The molecule has 2 nitrogen and oxygen atoms in total. The minimum Gasteiger partial charge on any atom is -0.273 e. The SMILES string of the molecule is CCn1cc(CS)cn1. The number of hydrogen-bond acceptors (Lipinski definition) is 2. The second-order valence-electron chi connectivity index (χ2n) is 1.86. The van der Waals surface area contributed by atoms with Gasteiger partial charge in [0.05, 0.1) is 6.20 Å². The van der Waals surface area contributed by atoms with Crippen LogP contribution in [0.5, 0.6) is 0 Å². The van der Waals surface area contributed by atoms with Crippen LogP contribution in [0.1, 0.15) is 12.5 Å². The van der Waals surface area contributed by atoms with Crippen molar-refractivity contribution in [2.24, 2.45) is 0 Å². The first-order valence-corrected chi connectivity index (χ1v) is 3.62. The molecule has 50 valence electrons. The van der Waals surface area contributed by atoms with Crippen molar-refractivity contribution in [1.29, 1.82) is 0 Å². The van der Waals surface area contributed by atoms with E-state index in [4.69, 9.17) is 0 Å². The van der Waals surface area contributed by atoms with Gasteiger partial charge in [-0.2, -0.15) is 17.7 Å². The number of aryl methyl sites for hydroxylation is 1. The third kappa shape index (κ3) is 1.48. The molecule has 0 bridgehead atoms. The van der Waals surface area contributed by atoms with Crippen LogP contribution in [-0.4, -0.2) is 9.78 Å². The number of rotatable bonds is 2. The van der Waals surface area contributed by atoms with Gasteiger partial charge in [0.1, 0.15) is 0 Å². The van der Waals surface area contributed by atoms with Crippen molar-refractivity contribution in [2.45, 2.75) is 19.2 Å². The highest BCUT2D eigenvalue weighted by atomic mass is 32.1. The molecule has 1 aromatic rings. The van der Waals surface area contributed by atoms with Crippen LogP contribution in [0.3, 0.4) is 0 Å². The van der Waals surface area contributed by atoms with Crippen molar-refractivity contribution in [2.75, 3.05) is 0 Å². The highest BCUT2D eigenvalue weighted by Crippen LogP contribution is 1.99. The van der Waals surface area contributed by atoms with Crippen molar-refractivity contribution in [3.8, 4) is 0 Å². The van der Waals surface area contributed by atoms with Gasteiger partial charge in [-0.15, -0.1) is 0 Å². The Balaban J connectivity index is 2.74. The average molecular weight is 142 g/mol. The van der Waals surface area contributed by atoms with Gasteiger partial charge in [0.25, 0.3) is 0 Å². The monoisotopic (exact) mass is 142 g/mol. The largest absolute Gasteiger partial charge is 0.273 e. The summed E-state index contributed by atoms with van der Waals surface area (Å²) in [5, 5.41) is 4.07. The fourth-order valence-electron chi connectivity index (χ4n) is 0.661. The molecule has 0 aliphatic carbocycles. The van der Waals surface area contributed by atoms with Crippen molar-refractivity contribution >= 4 is 12.6 Å². The van der Waals surface area contributed by atoms with Crippen LogP contribution >= 0.6 is 12.6 Å². The molecule has 0 N–H and O–H groups in total. The molecule has 3 heteroatoms. The van der Waals surface area contributed by atoms with Crippen LogP contribution in [-0.2, 0) is 12.3 Å². The van der Waals surface area contributed by atoms with E-state index in [1.165, 1.54) is 5.56 Å². The molecule has 0 spiro atoms. The summed E-state index contributed by atoms with van der Waals surface area (Å²) in [6, 6.07) is 0. The summed E-state index contributed by atoms with van der Waals surface area (Å²) < 4.78 is 1.89. The van der Waals surface area contributed by atoms with Gasteiger partial charge in [0.2, 0.25) is 0 Å². The molecular formula is C6H10N2S. The lowest BCUT2D eigenvalue weighted by Gasteiger charge is -1.89. The molecule has 9 heavy (non-hydrogen) atoms. The molecule has 0 atom stereocenters. The van der Waals surface area contributed by atoms with Crippen LogP contribution in [0.2, 0.25) is 0 Å². The molecule has 0 saturated heterocycles. The summed E-state index contributed by atoms with van der Waals surface area (Å²) in [5.74, 6) is 0.778. The first-order chi connectivity index (χ1) is 4.36. The lowest BCUT2D eigenvalue weighted by atomic mass is 10.4. The Morgan fingerprint density at radius 1 is 1.78 bits per heavy atom. The molecule has 0 aliphatic rings. The quantitative estimate of drug-likeness (QED) is 0.617. The molecule has 1 aromatic heterocycles. The molecular weight excluding hydrogens is 132 g/mol. The summed E-state index contributed by atoms with van der Waals surface area (Å²) in [4.78, 5) is 0. The Morgan fingerprint density at radius 3 is 2.89 bits per heavy atom. The van der Waals surface area contributed by atoms with Crippen LogP contribution in [0.15, 0.2) is 12.4 Å². The van der Waals surface area contributed by atoms with Gasteiger partial charge in [-0.1, -0.05) is 0 Å². The first-order valence-electron chi connectivity index (χ1n) is 2.99. The first kappa shape index (κ1) is 6.68. The second-order valence-corrected chi connectivity index (χ2v) is 2.18. The van der Waals surface area contributed by atoms with Gasteiger partial charge in [-0.25, -0.2) is 0 Å². The molecule has 0 aromatic carbocycles. The van der Waals surface area contributed by atoms with Crippen molar-refractivity contribution in [3.05, 3.63) is 18.0 Å². The van der Waals surface area contributed by atoms with Gasteiger partial charge in [0, 0.05) is 18.5 Å². The smallest absolute Gasteiger partial charge is 0.0530 e. The Kier molecular flexibility index (Phi) is 2.16. The standard InChI is InChI=1S/C6H10N2S/c1-2-8-4-6(5-9)3-7-8/h3-4,9H,2,5H2,1H3. The zero-order valence-corrected chi connectivity index (χ0v) is 6.30. The van der Waals surface area contributed by atoms with Gasteiger partial charge in [-0.3, -0.25) is 4.68 Å². The Labute approximate surface area is 60.3 Å². The third-order valence-corrected chi connectivity index (χ3v) is 1.56. The van der Waals surface area contributed by atoms with Crippen LogP contribution in [0, 0.1) is 0 Å².